The van der Waals surface area contributed by atoms with Gasteiger partial charge in [0.05, 0.1) is 0 Å². The molecule has 0 unspecified atom stereocenters. The fourth-order valence-electron chi connectivity index (χ4n) is 0.883. The van der Waals surface area contributed by atoms with Crippen molar-refractivity contribution in [2.45, 2.75) is 13.3 Å². The average molecular weight is 302 g/mol. The van der Waals surface area contributed by atoms with Crippen molar-refractivity contribution in [1.82, 2.24) is 0 Å². The Kier molecular flexibility index (Phi) is 3.02. The van der Waals surface area contributed by atoms with E-state index in [2.05, 4.69) is 37.3 Å². The van der Waals surface area contributed by atoms with Crippen molar-refractivity contribution in [3.8, 4) is 0 Å². The van der Waals surface area contributed by atoms with E-state index in [-0.39, 0.29) is 0 Å². The third-order valence-corrected chi connectivity index (χ3v) is 1.81. The molecule has 0 saturated heterocycles. The summed E-state index contributed by atoms with van der Waals surface area (Å²) in [7, 11) is 0. The molecule has 0 heterocycles. The number of benzene rings is 1. The molecule has 0 fully saturated rings. The molecule has 0 aliphatic heterocycles. The van der Waals surface area contributed by atoms with Crippen LogP contribution in [0.1, 0.15) is 12.5 Å². The summed E-state index contributed by atoms with van der Waals surface area (Å²) in [4.78, 5) is 0. The van der Waals surface area contributed by atoms with Crippen LogP contribution < -0.4 is 0 Å². The Morgan fingerprint density at radius 2 is 1.90 bits per heavy atom. The van der Waals surface area contributed by atoms with E-state index in [1.54, 1.807) is 23.3 Å². The van der Waals surface area contributed by atoms with Gasteiger partial charge in [-0.3, -0.25) is 0 Å². The maximum absolute atomic E-state index is 2.20. The number of hydrogen-bond acceptors (Lipinski definition) is 0. The van der Waals surface area contributed by atoms with Gasteiger partial charge in [-0.2, -0.15) is 0 Å². The molecule has 52 valence electrons. The van der Waals surface area contributed by atoms with Crippen LogP contribution in [-0.2, 0) is 25.8 Å². The van der Waals surface area contributed by atoms with Gasteiger partial charge in [-0.25, -0.2) is 0 Å². The first-order chi connectivity index (χ1) is 4.79. The first-order valence-corrected chi connectivity index (χ1v) is 4.79. The van der Waals surface area contributed by atoms with Crippen molar-refractivity contribution in [3.63, 3.8) is 0 Å². The molecule has 0 amide bonds. The first-order valence-electron chi connectivity index (χ1n) is 3.32. The second-order valence-corrected chi connectivity index (χ2v) is 4.87. The van der Waals surface area contributed by atoms with Crippen molar-refractivity contribution in [2.24, 2.45) is 0 Å². The zero-order valence-corrected chi connectivity index (χ0v) is 8.94. The van der Waals surface area contributed by atoms with Crippen LogP contribution >= 0.6 is 0 Å². The molecule has 0 atom stereocenters. The fraction of sp³-hybridized carbons (Fsp3) is 0.222. The van der Waals surface area contributed by atoms with Gasteiger partial charge in [0.25, 0.3) is 0 Å². The van der Waals surface area contributed by atoms with Crippen LogP contribution in [0.2, 0.25) is 0 Å². The predicted octanol–water partition coefficient (Wildman–Crippen LogP) is 1.97. The molecule has 1 aromatic rings. The minimum absolute atomic E-state index is 1.15. The van der Waals surface area contributed by atoms with Gasteiger partial charge in [0.2, 0.25) is 0 Å². The molecule has 0 aromatic heterocycles. The standard InChI is InChI=1S/C9H10.W/c1-2-6-9-7-4-3-5-8-9;/h3-5,7-8H,6H2,1H3;. The Morgan fingerprint density at radius 1 is 1.30 bits per heavy atom. The summed E-state index contributed by atoms with van der Waals surface area (Å²) in [5.74, 6) is 0. The van der Waals surface area contributed by atoms with E-state index in [1.165, 1.54) is 5.56 Å². The molecular formula is C9H10W. The summed E-state index contributed by atoms with van der Waals surface area (Å²) in [5.41, 5.74) is 1.43. The molecule has 0 saturated carbocycles. The molecule has 0 aliphatic carbocycles. The molecule has 1 heteroatoms. The second-order valence-electron chi connectivity index (χ2n) is 2.36. The first kappa shape index (κ1) is 7.88. The second kappa shape index (κ2) is 3.83. The number of hydrogen-bond donors (Lipinski definition) is 0. The molecular weight excluding hydrogens is 292 g/mol. The van der Waals surface area contributed by atoms with E-state index in [0.29, 0.717) is 0 Å². The zero-order chi connectivity index (χ0) is 7.40. The molecule has 10 heavy (non-hydrogen) atoms. The van der Waals surface area contributed by atoms with Gasteiger partial charge in [0.15, 0.2) is 0 Å². The van der Waals surface area contributed by atoms with Crippen LogP contribution in [0.25, 0.3) is 0 Å². The zero-order valence-electron chi connectivity index (χ0n) is 6.00. The van der Waals surface area contributed by atoms with E-state index in [0.717, 1.165) is 6.42 Å². The molecule has 1 rings (SSSR count). The summed E-state index contributed by atoms with van der Waals surface area (Å²) in [6, 6.07) is 10.6. The van der Waals surface area contributed by atoms with Crippen LogP contribution in [0.15, 0.2) is 30.3 Å². The van der Waals surface area contributed by atoms with Gasteiger partial charge in [-0.15, -0.1) is 0 Å². The van der Waals surface area contributed by atoms with Crippen LogP contribution in [0.3, 0.4) is 0 Å². The van der Waals surface area contributed by atoms with Crippen LogP contribution in [-0.4, -0.2) is 3.90 Å². The molecule has 1 aromatic carbocycles. The van der Waals surface area contributed by atoms with Gasteiger partial charge < -0.3 is 0 Å². The Labute approximate surface area is 72.7 Å². The van der Waals surface area contributed by atoms with Crippen molar-refractivity contribution in [3.05, 3.63) is 35.9 Å². The van der Waals surface area contributed by atoms with Crippen LogP contribution in [0.4, 0.5) is 0 Å². The molecule has 0 aliphatic rings. The summed E-state index contributed by atoms with van der Waals surface area (Å²) >= 11 is 1.60. The predicted molar refractivity (Wildman–Crippen MR) is 40.8 cm³/mol. The Bertz CT molecular complexity index is 213. The van der Waals surface area contributed by atoms with E-state index in [9.17, 15) is 0 Å². The van der Waals surface area contributed by atoms with E-state index < -0.39 is 0 Å². The van der Waals surface area contributed by atoms with E-state index in [1.807, 2.05) is 0 Å². The maximum atomic E-state index is 2.20. The van der Waals surface area contributed by atoms with Gasteiger partial charge in [0, 0.05) is 0 Å². The third kappa shape index (κ3) is 2.58. The molecule has 0 N–H and O–H groups in total. The van der Waals surface area contributed by atoms with Crippen molar-refractivity contribution in [1.29, 1.82) is 0 Å². The topological polar surface area (TPSA) is 0 Å². The molecule has 0 nitrogen and oxygen atoms in total. The average Bonchev–Trinajstić information content (AvgIpc) is 1.88. The van der Waals surface area contributed by atoms with Gasteiger partial charge in [0.1, 0.15) is 0 Å². The van der Waals surface area contributed by atoms with Gasteiger partial charge in [-0.05, 0) is 0 Å². The van der Waals surface area contributed by atoms with E-state index >= 15 is 0 Å². The van der Waals surface area contributed by atoms with Crippen LogP contribution in [0.5, 0.6) is 0 Å². The third-order valence-electron chi connectivity index (χ3n) is 1.30. The minimum atomic E-state index is 1.15. The number of rotatable bonds is 2. The normalized spacial score (nSPS) is 9.30. The molecule has 0 bridgehead atoms. The summed E-state index contributed by atoms with van der Waals surface area (Å²) in [6.45, 7) is 2.20. The van der Waals surface area contributed by atoms with Gasteiger partial charge >= 0.3 is 72.5 Å². The Morgan fingerprint density at radius 3 is 2.40 bits per heavy atom. The fourth-order valence-corrected chi connectivity index (χ4v) is 1.48. The quantitative estimate of drug-likeness (QED) is 0.783. The van der Waals surface area contributed by atoms with Crippen molar-refractivity contribution in [2.75, 3.05) is 0 Å². The van der Waals surface area contributed by atoms with E-state index in [4.69, 9.17) is 0 Å². The Hall–Kier alpha value is -0.222. The SMILES string of the molecule is C[C](=[W])Cc1ccccc1. The monoisotopic (exact) mass is 302 g/mol. The summed E-state index contributed by atoms with van der Waals surface area (Å²) in [6.07, 6.45) is 1.15. The van der Waals surface area contributed by atoms with Crippen LogP contribution in [0, 0.1) is 0 Å². The van der Waals surface area contributed by atoms with Crippen molar-refractivity contribution >= 4 is 3.90 Å². The molecule has 0 radical (unpaired) electrons. The molecule has 0 spiro atoms. The summed E-state index contributed by atoms with van der Waals surface area (Å²) in [5, 5.41) is 0. The Balaban J connectivity index is 2.67. The summed E-state index contributed by atoms with van der Waals surface area (Å²) < 4.78 is 1.55. The van der Waals surface area contributed by atoms with Crippen molar-refractivity contribution < 1.29 is 19.4 Å². The van der Waals surface area contributed by atoms with Gasteiger partial charge in [-0.1, -0.05) is 0 Å².